The van der Waals surface area contributed by atoms with Gasteiger partial charge in [-0.25, -0.2) is 0 Å². The maximum absolute atomic E-state index is 12.0. The lowest BCUT2D eigenvalue weighted by Crippen LogP contribution is -2.40. The van der Waals surface area contributed by atoms with Crippen molar-refractivity contribution in [2.45, 2.75) is 0 Å². The number of nitrogens with zero attached hydrogens (tertiary/aromatic N) is 1. The van der Waals surface area contributed by atoms with E-state index in [1.165, 1.54) is 0 Å². The van der Waals surface area contributed by atoms with Crippen LogP contribution < -0.4 is 5.11 Å². The fourth-order valence-corrected chi connectivity index (χ4v) is 2.94. The van der Waals surface area contributed by atoms with Crippen LogP contribution in [0.3, 0.4) is 0 Å². The van der Waals surface area contributed by atoms with Crippen LogP contribution in [-0.4, -0.2) is 27.6 Å². The van der Waals surface area contributed by atoms with E-state index in [1.807, 2.05) is 0 Å². The van der Waals surface area contributed by atoms with Crippen LogP contribution in [0.5, 0.6) is 0 Å². The Morgan fingerprint density at radius 1 is 1.47 bits per heavy atom. The summed E-state index contributed by atoms with van der Waals surface area (Å²) in [4.78, 5) is 23.9. The highest BCUT2D eigenvalue weighted by Gasteiger charge is 2.31. The number of aliphatic carboxylic acids is 1. The highest BCUT2D eigenvalue weighted by molar-refractivity contribution is 8.26. The molecule has 0 bridgehead atoms. The Balaban J connectivity index is 2.28. The second-order valence-electron chi connectivity index (χ2n) is 3.66. The highest BCUT2D eigenvalue weighted by atomic mass is 35.5. The first-order chi connectivity index (χ1) is 8.99. The molecule has 0 radical (unpaired) electrons. The van der Waals surface area contributed by atoms with E-state index in [0.717, 1.165) is 16.7 Å². The minimum absolute atomic E-state index is 0.201. The van der Waals surface area contributed by atoms with E-state index in [9.17, 15) is 14.7 Å². The molecule has 0 atom stereocenters. The molecule has 0 saturated carbocycles. The summed E-state index contributed by atoms with van der Waals surface area (Å²) in [6.07, 6.45) is 1.59. The van der Waals surface area contributed by atoms with E-state index in [0.29, 0.717) is 15.5 Å². The van der Waals surface area contributed by atoms with E-state index in [4.69, 9.17) is 23.8 Å². The molecule has 98 valence electrons. The molecule has 1 amide bonds. The number of halogens is 1. The summed E-state index contributed by atoms with van der Waals surface area (Å²) < 4.78 is 0.201. The Kier molecular flexibility index (Phi) is 4.24. The zero-order valence-corrected chi connectivity index (χ0v) is 11.8. The first kappa shape index (κ1) is 14.0. The average Bonchev–Trinajstić information content (AvgIpc) is 2.60. The third kappa shape index (κ3) is 3.15. The van der Waals surface area contributed by atoms with Crippen LogP contribution >= 0.6 is 35.6 Å². The molecule has 1 saturated heterocycles. The Labute approximate surface area is 124 Å². The largest absolute Gasteiger partial charge is 0.548 e. The van der Waals surface area contributed by atoms with E-state index < -0.39 is 18.4 Å². The van der Waals surface area contributed by atoms with Crippen LogP contribution in [0, 0.1) is 0 Å². The van der Waals surface area contributed by atoms with Gasteiger partial charge in [0, 0.05) is 5.02 Å². The van der Waals surface area contributed by atoms with Gasteiger partial charge in [0.15, 0.2) is 0 Å². The number of carbonyl (C=O) groups excluding carboxylic acids is 2. The predicted molar refractivity (Wildman–Crippen MR) is 76.3 cm³/mol. The van der Waals surface area contributed by atoms with Crippen molar-refractivity contribution in [3.8, 4) is 0 Å². The Bertz CT molecular complexity index is 600. The number of carboxylic acids is 1. The molecule has 0 aliphatic carbocycles. The minimum atomic E-state index is -1.35. The zero-order chi connectivity index (χ0) is 14.0. The molecule has 1 aliphatic rings. The van der Waals surface area contributed by atoms with E-state index in [2.05, 4.69) is 0 Å². The molecule has 7 heteroatoms. The van der Waals surface area contributed by atoms with Crippen molar-refractivity contribution in [3.05, 3.63) is 39.8 Å². The molecule has 1 aromatic rings. The van der Waals surface area contributed by atoms with Crippen molar-refractivity contribution in [1.29, 1.82) is 0 Å². The molecule has 1 fully saturated rings. The number of amides is 1. The smallest absolute Gasteiger partial charge is 0.266 e. The quantitative estimate of drug-likeness (QED) is 0.622. The molecule has 0 spiro atoms. The number of hydrogen-bond donors (Lipinski definition) is 0. The summed E-state index contributed by atoms with van der Waals surface area (Å²) in [6.45, 7) is -0.537. The summed E-state index contributed by atoms with van der Waals surface area (Å²) in [5.74, 6) is -1.80. The SMILES string of the molecule is O=C([O-])CN1C(=O)/C(=C\c2ccccc2Cl)SC1=S. The number of carbonyl (C=O) groups is 2. The van der Waals surface area contributed by atoms with Gasteiger partial charge in [-0.05, 0) is 17.7 Å². The second kappa shape index (κ2) is 5.73. The van der Waals surface area contributed by atoms with Crippen LogP contribution in [0.2, 0.25) is 5.02 Å². The number of hydrogen-bond acceptors (Lipinski definition) is 5. The second-order valence-corrected chi connectivity index (χ2v) is 5.74. The van der Waals surface area contributed by atoms with E-state index >= 15 is 0 Å². The molecular formula is C12H7ClNO3S2-. The van der Waals surface area contributed by atoms with Crippen LogP contribution in [-0.2, 0) is 9.59 Å². The monoisotopic (exact) mass is 312 g/mol. The maximum atomic E-state index is 12.0. The Morgan fingerprint density at radius 2 is 2.16 bits per heavy atom. The van der Waals surface area contributed by atoms with Crippen molar-refractivity contribution in [2.24, 2.45) is 0 Å². The maximum Gasteiger partial charge on any atom is 0.266 e. The molecule has 19 heavy (non-hydrogen) atoms. The lowest BCUT2D eigenvalue weighted by Gasteiger charge is -2.14. The van der Waals surface area contributed by atoms with Gasteiger partial charge in [0.05, 0.1) is 17.4 Å². The third-order valence-electron chi connectivity index (χ3n) is 2.35. The zero-order valence-electron chi connectivity index (χ0n) is 9.46. The number of thioether (sulfide) groups is 1. The van der Waals surface area contributed by atoms with Crippen LogP contribution in [0.15, 0.2) is 29.2 Å². The van der Waals surface area contributed by atoms with Gasteiger partial charge in [0.25, 0.3) is 5.91 Å². The number of carboxylic acid groups (broad SMARTS) is 1. The van der Waals surface area contributed by atoms with Crippen LogP contribution in [0.1, 0.15) is 5.56 Å². The summed E-state index contributed by atoms with van der Waals surface area (Å²) in [7, 11) is 0. The molecule has 1 heterocycles. The summed E-state index contributed by atoms with van der Waals surface area (Å²) in [6, 6.07) is 7.03. The molecule has 1 aromatic carbocycles. The van der Waals surface area contributed by atoms with Crippen LogP contribution in [0.25, 0.3) is 6.08 Å². The average molecular weight is 313 g/mol. The molecule has 1 aliphatic heterocycles. The fourth-order valence-electron chi connectivity index (χ4n) is 1.50. The number of benzene rings is 1. The summed E-state index contributed by atoms with van der Waals surface area (Å²) in [5, 5.41) is 11.1. The van der Waals surface area contributed by atoms with E-state index in [-0.39, 0.29) is 4.32 Å². The first-order valence-electron chi connectivity index (χ1n) is 5.19. The van der Waals surface area contributed by atoms with Crippen molar-refractivity contribution in [1.82, 2.24) is 4.90 Å². The van der Waals surface area contributed by atoms with Gasteiger partial charge in [0.1, 0.15) is 4.32 Å². The summed E-state index contributed by atoms with van der Waals surface area (Å²) in [5.41, 5.74) is 0.679. The van der Waals surface area contributed by atoms with Gasteiger partial charge in [-0.3, -0.25) is 9.69 Å². The van der Waals surface area contributed by atoms with Gasteiger partial charge in [-0.2, -0.15) is 0 Å². The summed E-state index contributed by atoms with van der Waals surface area (Å²) >= 11 is 12.0. The molecule has 0 unspecified atom stereocenters. The van der Waals surface area contributed by atoms with Gasteiger partial charge in [0.2, 0.25) is 0 Å². The topological polar surface area (TPSA) is 60.4 Å². The molecule has 2 rings (SSSR count). The third-order valence-corrected chi connectivity index (χ3v) is 4.07. The lowest BCUT2D eigenvalue weighted by molar-refractivity contribution is -0.305. The fraction of sp³-hybridized carbons (Fsp3) is 0.0833. The Hall–Kier alpha value is -1.37. The van der Waals surface area contributed by atoms with Crippen molar-refractivity contribution in [2.75, 3.05) is 6.54 Å². The standard InChI is InChI=1S/C12H8ClNO3S2/c13-8-4-2-1-3-7(8)5-9-11(17)14(6-10(15)16)12(18)19-9/h1-5H,6H2,(H,15,16)/p-1/b9-5+. The molecule has 0 N–H and O–H groups in total. The Morgan fingerprint density at radius 3 is 2.79 bits per heavy atom. The number of rotatable bonds is 3. The predicted octanol–water partition coefficient (Wildman–Crippen LogP) is 1.29. The van der Waals surface area contributed by atoms with Crippen molar-refractivity contribution < 1.29 is 14.7 Å². The molecule has 0 aromatic heterocycles. The first-order valence-corrected chi connectivity index (χ1v) is 6.79. The van der Waals surface area contributed by atoms with Gasteiger partial charge in [-0.15, -0.1) is 0 Å². The van der Waals surface area contributed by atoms with Gasteiger partial charge >= 0.3 is 0 Å². The highest BCUT2D eigenvalue weighted by Crippen LogP contribution is 2.33. The van der Waals surface area contributed by atoms with Crippen LogP contribution in [0.4, 0.5) is 0 Å². The number of thiocarbonyl (C=S) groups is 1. The van der Waals surface area contributed by atoms with Crippen molar-refractivity contribution in [3.63, 3.8) is 0 Å². The van der Waals surface area contributed by atoms with E-state index in [1.54, 1.807) is 30.3 Å². The molecular weight excluding hydrogens is 306 g/mol. The molecule has 4 nitrogen and oxygen atoms in total. The normalized spacial score (nSPS) is 17.3. The van der Waals surface area contributed by atoms with Crippen molar-refractivity contribution >= 4 is 57.9 Å². The minimum Gasteiger partial charge on any atom is -0.548 e. The lowest BCUT2D eigenvalue weighted by atomic mass is 10.2. The van der Waals surface area contributed by atoms with Gasteiger partial charge in [-0.1, -0.05) is 53.8 Å². The van der Waals surface area contributed by atoms with Gasteiger partial charge < -0.3 is 9.90 Å².